The van der Waals surface area contributed by atoms with Gasteiger partial charge in [-0.05, 0) is 34.9 Å². The molecule has 0 aliphatic rings. The Kier molecular flexibility index (Phi) is 6.87. The van der Waals surface area contributed by atoms with E-state index in [1.807, 2.05) is 48.7 Å². The van der Waals surface area contributed by atoms with Crippen molar-refractivity contribution in [3.8, 4) is 5.69 Å². The predicted molar refractivity (Wildman–Crippen MR) is 130 cm³/mol. The molecule has 0 saturated carbocycles. The van der Waals surface area contributed by atoms with Crippen LogP contribution in [-0.4, -0.2) is 41.5 Å². The lowest BCUT2D eigenvalue weighted by Crippen LogP contribution is -2.20. The molecular weight excluding hydrogens is 455 g/mol. The first kappa shape index (κ1) is 23.4. The number of aromatic nitrogens is 4. The van der Waals surface area contributed by atoms with E-state index in [-0.39, 0.29) is 17.4 Å². The van der Waals surface area contributed by atoms with Crippen LogP contribution >= 0.6 is 0 Å². The van der Waals surface area contributed by atoms with E-state index in [9.17, 15) is 8.42 Å². The first-order chi connectivity index (χ1) is 16.3. The van der Waals surface area contributed by atoms with Crippen LogP contribution in [0.2, 0.25) is 0 Å². The van der Waals surface area contributed by atoms with Gasteiger partial charge in [0.15, 0.2) is 21.5 Å². The van der Waals surface area contributed by atoms with Gasteiger partial charge in [-0.2, -0.15) is 9.49 Å². The summed E-state index contributed by atoms with van der Waals surface area (Å²) < 4.78 is 39.8. The van der Waals surface area contributed by atoms with Crippen molar-refractivity contribution in [3.63, 3.8) is 0 Å². The summed E-state index contributed by atoms with van der Waals surface area (Å²) in [5, 5.41) is 7.24. The van der Waals surface area contributed by atoms with Gasteiger partial charge in [-0.25, -0.2) is 23.1 Å². The van der Waals surface area contributed by atoms with Crippen LogP contribution in [0.15, 0.2) is 73.3 Å². The van der Waals surface area contributed by atoms with Crippen molar-refractivity contribution in [1.82, 2.24) is 19.7 Å². The van der Waals surface area contributed by atoms with Gasteiger partial charge in [0.1, 0.15) is 6.33 Å². The molecule has 34 heavy (non-hydrogen) atoms. The lowest BCUT2D eigenvalue weighted by atomic mass is 10.1. The Morgan fingerprint density at radius 2 is 1.79 bits per heavy atom. The number of rotatable bonds is 9. The zero-order chi connectivity index (χ0) is 24.1. The van der Waals surface area contributed by atoms with Gasteiger partial charge in [-0.15, -0.1) is 0 Å². The molecule has 0 fully saturated rings. The van der Waals surface area contributed by atoms with Gasteiger partial charge in [0.05, 0.1) is 11.4 Å². The average Bonchev–Trinajstić information content (AvgIpc) is 3.34. The average molecular weight is 481 g/mol. The fourth-order valence-electron chi connectivity index (χ4n) is 3.56. The highest BCUT2D eigenvalue weighted by molar-refractivity contribution is 7.89. The largest absolute Gasteiger partial charge is 0.363 e. The summed E-state index contributed by atoms with van der Waals surface area (Å²) in [5.41, 5.74) is 3.49. The van der Waals surface area contributed by atoms with Crippen molar-refractivity contribution >= 4 is 21.5 Å². The summed E-state index contributed by atoms with van der Waals surface area (Å²) in [4.78, 5) is 9.90. The van der Waals surface area contributed by atoms with E-state index in [2.05, 4.69) is 20.4 Å². The third kappa shape index (κ3) is 5.96. The molecule has 4 rings (SSSR count). The molecule has 0 spiro atoms. The van der Waals surface area contributed by atoms with Gasteiger partial charge in [0.2, 0.25) is 5.82 Å². The van der Waals surface area contributed by atoms with E-state index >= 15 is 4.39 Å². The first-order valence-electron chi connectivity index (χ1n) is 10.6. The minimum Gasteiger partial charge on any atom is -0.363 e. The standard InChI is InChI=1S/C24H25FN6O2S/c1-30(15-20-5-3-6-21(13-20)31-12-4-11-29-31)24-22(25)23(27-17-28-24)26-14-18-7-9-19(10-8-18)16-34(2,32)33/h3-13,17H,14-16H2,1-2H3,(H,26,27,28). The maximum Gasteiger partial charge on any atom is 0.207 e. The van der Waals surface area contributed by atoms with E-state index in [1.165, 1.54) is 12.6 Å². The van der Waals surface area contributed by atoms with E-state index < -0.39 is 15.7 Å². The number of anilines is 2. The fraction of sp³-hybridized carbons (Fsp3) is 0.208. The number of hydrogen-bond acceptors (Lipinski definition) is 7. The van der Waals surface area contributed by atoms with Crippen LogP contribution in [0.25, 0.3) is 5.69 Å². The van der Waals surface area contributed by atoms with Gasteiger partial charge in [-0.1, -0.05) is 36.4 Å². The molecule has 2 aromatic heterocycles. The van der Waals surface area contributed by atoms with Crippen LogP contribution in [0, 0.1) is 5.82 Å². The Morgan fingerprint density at radius 1 is 1.03 bits per heavy atom. The molecule has 0 unspecified atom stereocenters. The summed E-state index contributed by atoms with van der Waals surface area (Å²) in [7, 11) is -1.32. The normalized spacial score (nSPS) is 11.4. The Morgan fingerprint density at radius 3 is 2.50 bits per heavy atom. The smallest absolute Gasteiger partial charge is 0.207 e. The minimum absolute atomic E-state index is 0.0121. The second kappa shape index (κ2) is 10.0. The lowest BCUT2D eigenvalue weighted by molar-refractivity contribution is 0.601. The van der Waals surface area contributed by atoms with Crippen molar-refractivity contribution in [1.29, 1.82) is 0 Å². The highest BCUT2D eigenvalue weighted by atomic mass is 32.2. The Labute approximate surface area is 198 Å². The zero-order valence-corrected chi connectivity index (χ0v) is 19.7. The quantitative estimate of drug-likeness (QED) is 0.391. The molecule has 2 aromatic carbocycles. The van der Waals surface area contributed by atoms with E-state index in [0.717, 1.165) is 16.8 Å². The minimum atomic E-state index is -3.09. The molecule has 0 atom stereocenters. The van der Waals surface area contributed by atoms with Crippen LogP contribution in [0.1, 0.15) is 16.7 Å². The lowest BCUT2D eigenvalue weighted by Gasteiger charge is -2.20. The highest BCUT2D eigenvalue weighted by Gasteiger charge is 2.15. The number of sulfone groups is 1. The molecule has 10 heteroatoms. The summed E-state index contributed by atoms with van der Waals surface area (Å²) in [5.74, 6) is -0.267. The predicted octanol–water partition coefficient (Wildman–Crippen LogP) is 3.59. The van der Waals surface area contributed by atoms with Crippen LogP contribution in [0.5, 0.6) is 0 Å². The third-order valence-corrected chi connectivity index (χ3v) is 6.00. The zero-order valence-electron chi connectivity index (χ0n) is 18.9. The second-order valence-corrected chi connectivity index (χ2v) is 10.2. The third-order valence-electron chi connectivity index (χ3n) is 5.14. The molecule has 0 aliphatic carbocycles. The number of benzene rings is 2. The second-order valence-electron chi connectivity index (χ2n) is 8.08. The summed E-state index contributed by atoms with van der Waals surface area (Å²) in [6.45, 7) is 0.784. The van der Waals surface area contributed by atoms with Gasteiger partial charge < -0.3 is 10.2 Å². The molecular formula is C24H25FN6O2S. The molecule has 0 saturated heterocycles. The Bertz CT molecular complexity index is 1360. The Hall–Kier alpha value is -3.79. The maximum atomic E-state index is 15.2. The van der Waals surface area contributed by atoms with Crippen LogP contribution in [-0.2, 0) is 28.7 Å². The van der Waals surface area contributed by atoms with E-state index in [1.54, 1.807) is 35.0 Å². The maximum absolute atomic E-state index is 15.2. The molecule has 176 valence electrons. The molecule has 0 aliphatic heterocycles. The topological polar surface area (TPSA) is 93.0 Å². The number of hydrogen-bond donors (Lipinski definition) is 1. The molecule has 0 bridgehead atoms. The van der Waals surface area contributed by atoms with Gasteiger partial charge in [0.25, 0.3) is 0 Å². The van der Waals surface area contributed by atoms with E-state index in [4.69, 9.17) is 0 Å². The summed E-state index contributed by atoms with van der Waals surface area (Å²) >= 11 is 0. The monoisotopic (exact) mass is 480 g/mol. The van der Waals surface area contributed by atoms with Crippen molar-refractivity contribution in [2.24, 2.45) is 0 Å². The Balaban J connectivity index is 1.43. The number of nitrogens with zero attached hydrogens (tertiary/aromatic N) is 5. The fourth-order valence-corrected chi connectivity index (χ4v) is 4.36. The number of nitrogens with one attached hydrogen (secondary N) is 1. The van der Waals surface area contributed by atoms with Gasteiger partial charge >= 0.3 is 0 Å². The van der Waals surface area contributed by atoms with Gasteiger partial charge in [-0.3, -0.25) is 0 Å². The molecule has 0 radical (unpaired) electrons. The van der Waals surface area contributed by atoms with Crippen molar-refractivity contribution in [2.75, 3.05) is 23.5 Å². The highest BCUT2D eigenvalue weighted by Crippen LogP contribution is 2.23. The molecule has 2 heterocycles. The van der Waals surface area contributed by atoms with Crippen LogP contribution in [0.4, 0.5) is 16.0 Å². The summed E-state index contributed by atoms with van der Waals surface area (Å²) in [6.07, 6.45) is 6.11. The first-order valence-corrected chi connectivity index (χ1v) is 12.6. The molecule has 1 N–H and O–H groups in total. The SMILES string of the molecule is CN(Cc1cccc(-n2cccn2)c1)c1ncnc(NCc2ccc(CS(C)(=O)=O)cc2)c1F. The van der Waals surface area contributed by atoms with Crippen molar-refractivity contribution < 1.29 is 12.8 Å². The molecule has 0 amide bonds. The molecule has 8 nitrogen and oxygen atoms in total. The van der Waals surface area contributed by atoms with Crippen LogP contribution in [0.3, 0.4) is 0 Å². The van der Waals surface area contributed by atoms with Gasteiger partial charge in [0, 0.05) is 38.8 Å². The number of halogens is 1. The van der Waals surface area contributed by atoms with Crippen LogP contribution < -0.4 is 10.2 Å². The van der Waals surface area contributed by atoms with E-state index in [0.29, 0.717) is 18.7 Å². The summed E-state index contributed by atoms with van der Waals surface area (Å²) in [6, 6.07) is 16.8. The van der Waals surface area contributed by atoms with Crippen molar-refractivity contribution in [3.05, 3.63) is 95.8 Å². The van der Waals surface area contributed by atoms with Crippen molar-refractivity contribution in [2.45, 2.75) is 18.8 Å². The molecule has 4 aromatic rings.